The number of fused-ring (bicyclic) bond motifs is 1. The molecule has 4 atom stereocenters. The van der Waals surface area contributed by atoms with E-state index in [1.807, 2.05) is 0 Å². The molecule has 2 aliphatic rings. The summed E-state index contributed by atoms with van der Waals surface area (Å²) >= 11 is 0. The zero-order valence-corrected chi connectivity index (χ0v) is 13.1. The van der Waals surface area contributed by atoms with Crippen LogP contribution in [0.2, 0.25) is 0 Å². The fraction of sp³-hybridized carbons (Fsp3) is 0.765. The Morgan fingerprint density at radius 3 is 2.85 bits per heavy atom. The highest BCUT2D eigenvalue weighted by molar-refractivity contribution is 6.01. The molecule has 0 radical (unpaired) electrons. The van der Waals surface area contributed by atoms with E-state index in [1.54, 1.807) is 13.8 Å². The smallest absolute Gasteiger partial charge is 0.313 e. The molecule has 1 fully saturated rings. The van der Waals surface area contributed by atoms with Gasteiger partial charge in [0.1, 0.15) is 0 Å². The molecule has 0 aliphatic heterocycles. The highest BCUT2D eigenvalue weighted by Gasteiger charge is 2.45. The van der Waals surface area contributed by atoms with E-state index in [4.69, 9.17) is 4.74 Å². The lowest BCUT2D eigenvalue weighted by Crippen LogP contribution is -2.42. The summed E-state index contributed by atoms with van der Waals surface area (Å²) in [6.07, 6.45) is 6.25. The van der Waals surface area contributed by atoms with Crippen LogP contribution >= 0.6 is 0 Å². The second-order valence-corrected chi connectivity index (χ2v) is 6.60. The van der Waals surface area contributed by atoms with Crippen LogP contribution in [0.15, 0.2) is 11.6 Å². The van der Waals surface area contributed by atoms with E-state index < -0.39 is 5.92 Å². The summed E-state index contributed by atoms with van der Waals surface area (Å²) < 4.78 is 5.07. The van der Waals surface area contributed by atoms with Crippen LogP contribution in [0.5, 0.6) is 0 Å². The van der Waals surface area contributed by atoms with E-state index in [1.165, 1.54) is 12.8 Å². The van der Waals surface area contributed by atoms with Gasteiger partial charge < -0.3 is 4.74 Å². The first-order valence-corrected chi connectivity index (χ1v) is 7.82. The summed E-state index contributed by atoms with van der Waals surface area (Å²) in [7, 11) is 0. The molecule has 112 valence electrons. The lowest BCUT2D eigenvalue weighted by atomic mass is 9.56. The molecular formula is C17H26O3. The molecule has 0 spiro atoms. The highest BCUT2D eigenvalue weighted by Crippen LogP contribution is 2.51. The minimum absolute atomic E-state index is 0.0578. The third-order valence-electron chi connectivity index (χ3n) is 5.46. The van der Waals surface area contributed by atoms with Crippen LogP contribution < -0.4 is 0 Å². The van der Waals surface area contributed by atoms with E-state index in [-0.39, 0.29) is 17.2 Å². The van der Waals surface area contributed by atoms with Gasteiger partial charge in [0, 0.05) is 12.0 Å². The third kappa shape index (κ3) is 2.55. The summed E-state index contributed by atoms with van der Waals surface area (Å²) in [5.41, 5.74) is 0.735. The van der Waals surface area contributed by atoms with Crippen LogP contribution in [0.4, 0.5) is 0 Å². The quantitative estimate of drug-likeness (QED) is 0.742. The van der Waals surface area contributed by atoms with Crippen molar-refractivity contribution < 1.29 is 14.3 Å². The van der Waals surface area contributed by atoms with Crippen molar-refractivity contribution in [2.45, 2.75) is 53.4 Å². The predicted octanol–water partition coefficient (Wildman–Crippen LogP) is 3.53. The van der Waals surface area contributed by atoms with E-state index >= 15 is 0 Å². The summed E-state index contributed by atoms with van der Waals surface area (Å²) in [6, 6.07) is 0. The van der Waals surface area contributed by atoms with Gasteiger partial charge in [-0.15, -0.1) is 0 Å². The van der Waals surface area contributed by atoms with Gasteiger partial charge in [-0.05, 0) is 43.9 Å². The number of esters is 1. The molecule has 0 bridgehead atoms. The largest absolute Gasteiger partial charge is 0.466 e. The number of hydrogen-bond acceptors (Lipinski definition) is 3. The number of carbonyl (C=O) groups excluding carboxylic acids is 2. The number of ketones is 1. The maximum Gasteiger partial charge on any atom is 0.313 e. The summed E-state index contributed by atoms with van der Waals surface area (Å²) in [6.45, 7) is 8.47. The van der Waals surface area contributed by atoms with Gasteiger partial charge in [-0.1, -0.05) is 26.3 Å². The topological polar surface area (TPSA) is 43.4 Å². The van der Waals surface area contributed by atoms with Crippen molar-refractivity contribution in [3.05, 3.63) is 11.6 Å². The van der Waals surface area contributed by atoms with Gasteiger partial charge in [-0.25, -0.2) is 0 Å². The molecule has 0 heterocycles. The molecule has 3 heteroatoms. The SMILES string of the molecule is CCOC(=O)[C@H](C)C1=C[C@@]2(C)[C@H](CCC[C@@H]2C)CC1=O. The Labute approximate surface area is 121 Å². The number of allylic oxidation sites excluding steroid dienone is 1. The third-order valence-corrected chi connectivity index (χ3v) is 5.46. The number of ether oxygens (including phenoxy) is 1. The highest BCUT2D eigenvalue weighted by atomic mass is 16.5. The van der Waals surface area contributed by atoms with E-state index in [0.29, 0.717) is 30.4 Å². The van der Waals surface area contributed by atoms with E-state index in [2.05, 4.69) is 19.9 Å². The zero-order chi connectivity index (χ0) is 14.9. The normalized spacial score (nSPS) is 35.0. The van der Waals surface area contributed by atoms with Crippen LogP contribution in [0.1, 0.15) is 53.4 Å². The van der Waals surface area contributed by atoms with Crippen molar-refractivity contribution in [2.24, 2.45) is 23.2 Å². The van der Waals surface area contributed by atoms with Crippen molar-refractivity contribution in [2.75, 3.05) is 6.61 Å². The first-order valence-electron chi connectivity index (χ1n) is 7.82. The maximum absolute atomic E-state index is 12.4. The molecule has 0 aromatic rings. The molecule has 3 nitrogen and oxygen atoms in total. The van der Waals surface area contributed by atoms with Crippen LogP contribution in [0.3, 0.4) is 0 Å². The molecule has 0 amide bonds. The molecule has 2 rings (SSSR count). The second kappa shape index (κ2) is 5.71. The Hall–Kier alpha value is -1.12. The average molecular weight is 278 g/mol. The number of hydrogen-bond donors (Lipinski definition) is 0. The van der Waals surface area contributed by atoms with Crippen LogP contribution in [0, 0.1) is 23.2 Å². The van der Waals surface area contributed by atoms with Crippen LogP contribution in [0.25, 0.3) is 0 Å². The summed E-state index contributed by atoms with van der Waals surface area (Å²) in [5.74, 6) is 0.435. The molecular weight excluding hydrogens is 252 g/mol. The predicted molar refractivity (Wildman–Crippen MR) is 78.1 cm³/mol. The Morgan fingerprint density at radius 1 is 1.50 bits per heavy atom. The molecule has 0 unspecified atom stereocenters. The summed E-state index contributed by atoms with van der Waals surface area (Å²) in [5, 5.41) is 0. The van der Waals surface area contributed by atoms with Gasteiger partial charge in [0.2, 0.25) is 0 Å². The van der Waals surface area contributed by atoms with Crippen molar-refractivity contribution in [1.29, 1.82) is 0 Å². The van der Waals surface area contributed by atoms with E-state index in [9.17, 15) is 9.59 Å². The average Bonchev–Trinajstić information content (AvgIpc) is 2.40. The maximum atomic E-state index is 12.4. The lowest BCUT2D eigenvalue weighted by Gasteiger charge is -2.47. The Bertz CT molecular complexity index is 438. The van der Waals surface area contributed by atoms with Gasteiger partial charge in [0.15, 0.2) is 5.78 Å². The molecule has 0 aromatic heterocycles. The standard InChI is InChI=1S/C17H26O3/c1-5-20-16(19)12(3)14-10-17(4)11(2)7-6-8-13(17)9-15(14)18/h10-13H,5-9H2,1-4H3/t11-,12+,13+,17+/m0/s1. The Kier molecular flexibility index (Phi) is 4.36. The van der Waals surface area contributed by atoms with Crippen molar-refractivity contribution >= 4 is 11.8 Å². The van der Waals surface area contributed by atoms with Gasteiger partial charge in [0.05, 0.1) is 12.5 Å². The van der Waals surface area contributed by atoms with Crippen molar-refractivity contribution in [3.8, 4) is 0 Å². The fourth-order valence-corrected chi connectivity index (χ4v) is 3.79. The number of Topliss-reactive ketones (excluding diaryl/α,β-unsaturated/α-hetero) is 1. The Morgan fingerprint density at radius 2 is 2.20 bits per heavy atom. The molecule has 0 aromatic carbocycles. The first-order chi connectivity index (χ1) is 9.40. The molecule has 0 saturated heterocycles. The zero-order valence-electron chi connectivity index (χ0n) is 13.1. The monoisotopic (exact) mass is 278 g/mol. The molecule has 2 aliphatic carbocycles. The van der Waals surface area contributed by atoms with Crippen molar-refractivity contribution in [3.63, 3.8) is 0 Å². The number of carbonyl (C=O) groups is 2. The van der Waals surface area contributed by atoms with Gasteiger partial charge in [-0.2, -0.15) is 0 Å². The first kappa shape index (κ1) is 15.3. The van der Waals surface area contributed by atoms with Crippen LogP contribution in [-0.2, 0) is 14.3 Å². The molecule has 20 heavy (non-hydrogen) atoms. The van der Waals surface area contributed by atoms with Gasteiger partial charge >= 0.3 is 5.97 Å². The van der Waals surface area contributed by atoms with Gasteiger partial charge in [0.25, 0.3) is 0 Å². The summed E-state index contributed by atoms with van der Waals surface area (Å²) in [4.78, 5) is 24.3. The fourth-order valence-electron chi connectivity index (χ4n) is 3.79. The van der Waals surface area contributed by atoms with Gasteiger partial charge in [-0.3, -0.25) is 9.59 Å². The minimum atomic E-state index is -0.436. The van der Waals surface area contributed by atoms with Crippen LogP contribution in [-0.4, -0.2) is 18.4 Å². The molecule has 1 saturated carbocycles. The lowest BCUT2D eigenvalue weighted by molar-refractivity contribution is -0.147. The Balaban J connectivity index is 2.30. The number of rotatable bonds is 3. The molecule has 0 N–H and O–H groups in total. The minimum Gasteiger partial charge on any atom is -0.466 e. The second-order valence-electron chi connectivity index (χ2n) is 6.60. The van der Waals surface area contributed by atoms with Crippen molar-refractivity contribution in [1.82, 2.24) is 0 Å². The van der Waals surface area contributed by atoms with E-state index in [0.717, 1.165) is 6.42 Å².